The third-order valence-electron chi connectivity index (χ3n) is 2.15. The monoisotopic (exact) mass is 156 g/mol. The molecule has 0 amide bonds. The van der Waals surface area contributed by atoms with Gasteiger partial charge >= 0.3 is 5.97 Å². The van der Waals surface area contributed by atoms with Crippen LogP contribution in [0.1, 0.15) is 19.8 Å². The van der Waals surface area contributed by atoms with Gasteiger partial charge in [0.15, 0.2) is 0 Å². The third kappa shape index (κ3) is 1.59. The molecule has 0 radical (unpaired) electrons. The fourth-order valence-corrected chi connectivity index (χ4v) is 1.46. The lowest BCUT2D eigenvalue weighted by Crippen LogP contribution is -2.15. The van der Waals surface area contributed by atoms with Crippen molar-refractivity contribution < 1.29 is 14.3 Å². The molecule has 1 aliphatic heterocycles. The van der Waals surface area contributed by atoms with Crippen LogP contribution in [0.2, 0.25) is 0 Å². The van der Waals surface area contributed by atoms with E-state index in [1.807, 2.05) is 6.92 Å². The fourth-order valence-electron chi connectivity index (χ4n) is 1.46. The Labute approximate surface area is 65.7 Å². The van der Waals surface area contributed by atoms with Crippen molar-refractivity contribution in [2.24, 2.45) is 11.8 Å². The Bertz CT molecular complexity index is 165. The summed E-state index contributed by atoms with van der Waals surface area (Å²) in [6, 6.07) is 0. The van der Waals surface area contributed by atoms with Gasteiger partial charge in [-0.25, -0.2) is 0 Å². The van der Waals surface area contributed by atoms with Gasteiger partial charge < -0.3 is 9.53 Å². The van der Waals surface area contributed by atoms with Gasteiger partial charge in [0.25, 0.3) is 0 Å². The number of aldehydes is 1. The maximum atomic E-state index is 11.0. The quantitative estimate of drug-likeness (QED) is 0.448. The van der Waals surface area contributed by atoms with Crippen LogP contribution in [0.25, 0.3) is 0 Å². The first-order valence-electron chi connectivity index (χ1n) is 3.89. The average molecular weight is 156 g/mol. The maximum absolute atomic E-state index is 11.0. The second-order valence-corrected chi connectivity index (χ2v) is 2.81. The van der Waals surface area contributed by atoms with Crippen molar-refractivity contribution in [3.05, 3.63) is 0 Å². The van der Waals surface area contributed by atoms with E-state index in [4.69, 9.17) is 4.74 Å². The van der Waals surface area contributed by atoms with E-state index >= 15 is 0 Å². The highest BCUT2D eigenvalue weighted by Crippen LogP contribution is 2.26. The molecule has 0 unspecified atom stereocenters. The lowest BCUT2D eigenvalue weighted by Gasteiger charge is -2.07. The van der Waals surface area contributed by atoms with Crippen molar-refractivity contribution in [2.75, 3.05) is 6.61 Å². The molecule has 3 heteroatoms. The lowest BCUT2D eigenvalue weighted by molar-refractivity contribution is -0.141. The summed E-state index contributed by atoms with van der Waals surface area (Å²) in [6.07, 6.45) is 2.08. The highest BCUT2D eigenvalue weighted by molar-refractivity contribution is 5.75. The minimum atomic E-state index is -0.139. The first-order valence-corrected chi connectivity index (χ1v) is 3.89. The number of rotatable bonds is 3. The van der Waals surface area contributed by atoms with Crippen LogP contribution in [0.3, 0.4) is 0 Å². The molecule has 0 N–H and O–H groups in total. The summed E-state index contributed by atoms with van der Waals surface area (Å²) in [5, 5.41) is 0. The molecule has 1 heterocycles. The molecule has 1 fully saturated rings. The van der Waals surface area contributed by atoms with E-state index in [2.05, 4.69) is 0 Å². The van der Waals surface area contributed by atoms with Gasteiger partial charge in [0.05, 0.1) is 12.5 Å². The Hall–Kier alpha value is -0.860. The van der Waals surface area contributed by atoms with Gasteiger partial charge in [0.2, 0.25) is 0 Å². The molecular formula is C8H12O3. The normalized spacial score (nSPS) is 30.1. The van der Waals surface area contributed by atoms with Crippen molar-refractivity contribution in [3.8, 4) is 0 Å². The second kappa shape index (κ2) is 3.51. The summed E-state index contributed by atoms with van der Waals surface area (Å²) in [5.41, 5.74) is 0. The number of hydrogen-bond donors (Lipinski definition) is 0. The second-order valence-electron chi connectivity index (χ2n) is 2.81. The Morgan fingerprint density at radius 2 is 2.45 bits per heavy atom. The molecule has 11 heavy (non-hydrogen) atoms. The lowest BCUT2D eigenvalue weighted by atomic mass is 9.91. The standard InChI is InChI=1S/C8H12O3/c1-2-7-6(3-4-9)5-11-8(7)10/h4,6-7H,2-3,5H2,1H3/t6-,7-/m1/s1. The van der Waals surface area contributed by atoms with Crippen LogP contribution in [0.5, 0.6) is 0 Å². The van der Waals surface area contributed by atoms with Crippen molar-refractivity contribution >= 4 is 12.3 Å². The summed E-state index contributed by atoms with van der Waals surface area (Å²) < 4.78 is 4.82. The molecule has 0 spiro atoms. The first-order chi connectivity index (χ1) is 5.29. The predicted octanol–water partition coefficient (Wildman–Crippen LogP) is 0.775. The fraction of sp³-hybridized carbons (Fsp3) is 0.750. The topological polar surface area (TPSA) is 43.4 Å². The summed E-state index contributed by atoms with van der Waals surface area (Å²) in [5.74, 6) is -0.0513. The van der Waals surface area contributed by atoms with E-state index in [1.165, 1.54) is 0 Å². The zero-order valence-corrected chi connectivity index (χ0v) is 6.58. The van der Waals surface area contributed by atoms with E-state index in [0.717, 1.165) is 12.7 Å². The van der Waals surface area contributed by atoms with Crippen LogP contribution in [-0.2, 0) is 14.3 Å². The first kappa shape index (κ1) is 8.24. The molecule has 0 bridgehead atoms. The van der Waals surface area contributed by atoms with Crippen LogP contribution < -0.4 is 0 Å². The van der Waals surface area contributed by atoms with Gasteiger partial charge in [0.1, 0.15) is 6.29 Å². The molecule has 62 valence electrons. The summed E-state index contributed by atoms with van der Waals surface area (Å²) in [6.45, 7) is 2.37. The maximum Gasteiger partial charge on any atom is 0.309 e. The molecule has 0 saturated carbocycles. The van der Waals surface area contributed by atoms with Gasteiger partial charge in [-0.15, -0.1) is 0 Å². The zero-order chi connectivity index (χ0) is 8.27. The average Bonchev–Trinajstić information content (AvgIpc) is 2.33. The Balaban J connectivity index is 2.53. The molecule has 2 atom stereocenters. The highest BCUT2D eigenvalue weighted by atomic mass is 16.5. The summed E-state index contributed by atoms with van der Waals surface area (Å²) in [4.78, 5) is 21.1. The molecule has 1 aliphatic rings. The van der Waals surface area contributed by atoms with E-state index in [1.54, 1.807) is 0 Å². The van der Waals surface area contributed by atoms with Crippen LogP contribution in [0.15, 0.2) is 0 Å². The number of carbonyl (C=O) groups excluding carboxylic acids is 2. The predicted molar refractivity (Wildman–Crippen MR) is 38.9 cm³/mol. The van der Waals surface area contributed by atoms with Gasteiger partial charge in [-0.3, -0.25) is 4.79 Å². The van der Waals surface area contributed by atoms with Gasteiger partial charge in [-0.1, -0.05) is 6.92 Å². The Morgan fingerprint density at radius 3 is 3.00 bits per heavy atom. The minimum Gasteiger partial charge on any atom is -0.465 e. The molecule has 1 rings (SSSR count). The van der Waals surface area contributed by atoms with Crippen LogP contribution in [0.4, 0.5) is 0 Å². The largest absolute Gasteiger partial charge is 0.465 e. The van der Waals surface area contributed by atoms with Crippen LogP contribution in [-0.4, -0.2) is 18.9 Å². The molecule has 0 aromatic carbocycles. The molecule has 3 nitrogen and oxygen atoms in total. The smallest absolute Gasteiger partial charge is 0.309 e. The van der Waals surface area contributed by atoms with E-state index in [0.29, 0.717) is 13.0 Å². The third-order valence-corrected chi connectivity index (χ3v) is 2.15. The number of esters is 1. The molecule has 0 aromatic rings. The van der Waals surface area contributed by atoms with Crippen molar-refractivity contribution in [2.45, 2.75) is 19.8 Å². The molecular weight excluding hydrogens is 144 g/mol. The van der Waals surface area contributed by atoms with Gasteiger partial charge in [-0.05, 0) is 6.42 Å². The molecule has 0 aromatic heterocycles. The van der Waals surface area contributed by atoms with E-state index < -0.39 is 0 Å². The number of hydrogen-bond acceptors (Lipinski definition) is 3. The van der Waals surface area contributed by atoms with Crippen LogP contribution in [0, 0.1) is 11.8 Å². The van der Waals surface area contributed by atoms with Crippen LogP contribution >= 0.6 is 0 Å². The Morgan fingerprint density at radius 1 is 1.73 bits per heavy atom. The SMILES string of the molecule is CC[C@H]1C(=O)OC[C@H]1CC=O. The van der Waals surface area contributed by atoms with Crippen molar-refractivity contribution in [3.63, 3.8) is 0 Å². The summed E-state index contributed by atoms with van der Waals surface area (Å²) in [7, 11) is 0. The Kier molecular flexibility index (Phi) is 2.63. The van der Waals surface area contributed by atoms with E-state index in [-0.39, 0.29) is 17.8 Å². The number of ether oxygens (including phenoxy) is 1. The minimum absolute atomic E-state index is 0.0415. The summed E-state index contributed by atoms with van der Waals surface area (Å²) >= 11 is 0. The number of carbonyl (C=O) groups is 2. The molecule has 0 aliphatic carbocycles. The van der Waals surface area contributed by atoms with E-state index in [9.17, 15) is 9.59 Å². The molecule has 1 saturated heterocycles. The zero-order valence-electron chi connectivity index (χ0n) is 6.58. The van der Waals surface area contributed by atoms with Crippen molar-refractivity contribution in [1.29, 1.82) is 0 Å². The van der Waals surface area contributed by atoms with Gasteiger partial charge in [-0.2, -0.15) is 0 Å². The highest BCUT2D eigenvalue weighted by Gasteiger charge is 2.34. The van der Waals surface area contributed by atoms with Crippen molar-refractivity contribution in [1.82, 2.24) is 0 Å². The van der Waals surface area contributed by atoms with Gasteiger partial charge in [0, 0.05) is 12.3 Å². The number of cyclic esters (lactones) is 1.